The van der Waals surface area contributed by atoms with Crippen LogP contribution in [-0.2, 0) is 0 Å². The van der Waals surface area contributed by atoms with E-state index in [4.69, 9.17) is 18.9 Å². The van der Waals surface area contributed by atoms with Crippen LogP contribution in [0.1, 0.15) is 44.5 Å². The van der Waals surface area contributed by atoms with Crippen LogP contribution < -0.4 is 28.7 Å². The summed E-state index contributed by atoms with van der Waals surface area (Å²) in [6.07, 6.45) is 0. The number of nitrogens with zero attached hydrogens (tertiary/aromatic N) is 2. The van der Waals surface area contributed by atoms with Crippen molar-refractivity contribution in [2.45, 2.75) is 55.4 Å². The minimum atomic E-state index is 0.900. The standard InChI is InChI=1S/C74H64N2O4/c1-41-33-51(34-42(2)71(41)77-9)75(52-35-43(3)72(78-10)44(4)36-52)61-31-29-59-65-55(61)25-19-27-57(65)67-63(49-21-15-13-16-22-49)70-60-30-32-62(56-26-20-28-58(66(56)60)68(70)64(69(59)67)50-23-17-14-18-24-50)76(53-37-45(5)73(79-11)46(6)38-53)54-39-47(7)74(80-12)48(8)40-54/h13-40H,1-12H3. The number of rotatable bonds is 12. The Morgan fingerprint density at radius 3 is 0.762 bits per heavy atom. The highest BCUT2D eigenvalue weighted by atomic mass is 16.5. The summed E-state index contributed by atoms with van der Waals surface area (Å²) >= 11 is 0. The summed E-state index contributed by atoms with van der Waals surface area (Å²) in [6.45, 7) is 17.1. The van der Waals surface area contributed by atoms with Crippen LogP contribution in [0.5, 0.6) is 23.0 Å². The van der Waals surface area contributed by atoms with Gasteiger partial charge in [-0.05, 0) is 237 Å². The van der Waals surface area contributed by atoms with Gasteiger partial charge in [0.15, 0.2) is 0 Å². The third-order valence-corrected chi connectivity index (χ3v) is 16.8. The molecule has 0 fully saturated rings. The van der Waals surface area contributed by atoms with Crippen LogP contribution in [-0.4, -0.2) is 28.4 Å². The number of anilines is 6. The molecule has 0 N–H and O–H groups in total. The van der Waals surface area contributed by atoms with E-state index in [9.17, 15) is 0 Å². The lowest BCUT2D eigenvalue weighted by atomic mass is 9.87. The van der Waals surface area contributed by atoms with Crippen molar-refractivity contribution in [2.24, 2.45) is 0 Å². The van der Waals surface area contributed by atoms with Crippen molar-refractivity contribution in [3.8, 4) is 45.3 Å². The van der Waals surface area contributed by atoms with Gasteiger partial charge in [0.05, 0.1) is 39.8 Å². The van der Waals surface area contributed by atoms with E-state index in [1.165, 1.54) is 86.9 Å². The molecule has 394 valence electrons. The fourth-order valence-corrected chi connectivity index (χ4v) is 14.0. The molecular formula is C74H64N2O4. The molecule has 0 saturated heterocycles. The van der Waals surface area contributed by atoms with Gasteiger partial charge in [-0.2, -0.15) is 0 Å². The Morgan fingerprint density at radius 2 is 0.500 bits per heavy atom. The van der Waals surface area contributed by atoms with E-state index in [2.05, 4.69) is 235 Å². The minimum absolute atomic E-state index is 0.900. The van der Waals surface area contributed by atoms with Gasteiger partial charge >= 0.3 is 0 Å². The Morgan fingerprint density at radius 1 is 0.250 bits per heavy atom. The Bertz CT molecular complexity index is 4060. The maximum absolute atomic E-state index is 5.94. The molecule has 13 rings (SSSR count). The Hall–Kier alpha value is -9.26. The zero-order valence-electron chi connectivity index (χ0n) is 47.7. The molecule has 0 heterocycles. The maximum Gasteiger partial charge on any atom is 0.124 e. The first kappa shape index (κ1) is 50.3. The number of aryl methyl sites for hydroxylation is 8. The topological polar surface area (TPSA) is 43.4 Å². The van der Waals surface area contributed by atoms with Crippen molar-refractivity contribution < 1.29 is 18.9 Å². The minimum Gasteiger partial charge on any atom is -0.496 e. The Kier molecular flexibility index (Phi) is 12.1. The molecule has 0 spiro atoms. The van der Waals surface area contributed by atoms with Crippen molar-refractivity contribution in [3.63, 3.8) is 0 Å². The highest BCUT2D eigenvalue weighted by Crippen LogP contribution is 2.58. The number of hydrogen-bond acceptors (Lipinski definition) is 6. The molecule has 0 atom stereocenters. The molecule has 0 radical (unpaired) electrons. The van der Waals surface area contributed by atoms with E-state index in [0.717, 1.165) is 102 Å². The van der Waals surface area contributed by atoms with Gasteiger partial charge in [0.2, 0.25) is 0 Å². The average Bonchev–Trinajstić information content (AvgIpc) is 4.02. The third-order valence-electron chi connectivity index (χ3n) is 16.8. The largest absolute Gasteiger partial charge is 0.496 e. The summed E-state index contributed by atoms with van der Waals surface area (Å²) in [5.41, 5.74) is 19.9. The van der Waals surface area contributed by atoms with Crippen LogP contribution >= 0.6 is 0 Å². The second-order valence-electron chi connectivity index (χ2n) is 21.8. The van der Waals surface area contributed by atoms with E-state index in [-0.39, 0.29) is 0 Å². The van der Waals surface area contributed by atoms with Crippen molar-refractivity contribution in [1.29, 1.82) is 0 Å². The third kappa shape index (κ3) is 7.52. The molecule has 6 nitrogen and oxygen atoms in total. The highest BCUT2D eigenvalue weighted by Gasteiger charge is 2.31. The van der Waals surface area contributed by atoms with Crippen molar-refractivity contribution in [2.75, 3.05) is 38.2 Å². The molecule has 0 bridgehead atoms. The fourth-order valence-electron chi connectivity index (χ4n) is 14.0. The first-order chi connectivity index (χ1) is 38.8. The van der Waals surface area contributed by atoms with Crippen LogP contribution in [0.4, 0.5) is 34.1 Å². The van der Waals surface area contributed by atoms with Gasteiger partial charge in [0, 0.05) is 33.5 Å². The molecule has 0 saturated carbocycles. The second-order valence-corrected chi connectivity index (χ2v) is 21.8. The first-order valence-electron chi connectivity index (χ1n) is 27.5. The van der Waals surface area contributed by atoms with Gasteiger partial charge in [-0.1, -0.05) is 109 Å². The SMILES string of the molecule is COc1c(C)cc(N(c2cc(C)c(OC)c(C)c2)c2ccc3c4c(-c5ccccc5)c5c6cccc7c(N(c8cc(C)c(OC)c(C)c8)c8cc(C)c(OC)c(C)c8)ccc(c5c(-c5ccccc5)c4c4cccc2c43)c76)cc1C. The molecule has 0 aliphatic carbocycles. The first-order valence-corrected chi connectivity index (χ1v) is 27.5. The molecule has 0 aromatic heterocycles. The second kappa shape index (κ2) is 19.3. The number of fused-ring (bicyclic) bond motifs is 6. The molecule has 13 aromatic rings. The molecule has 80 heavy (non-hydrogen) atoms. The summed E-state index contributed by atoms with van der Waals surface area (Å²) in [7, 11) is 7.03. The number of hydrogen-bond donors (Lipinski definition) is 0. The smallest absolute Gasteiger partial charge is 0.124 e. The lowest BCUT2D eigenvalue weighted by molar-refractivity contribution is 0.408. The van der Waals surface area contributed by atoms with Crippen molar-refractivity contribution >= 4 is 98.8 Å². The van der Waals surface area contributed by atoms with Crippen LogP contribution in [0.3, 0.4) is 0 Å². The van der Waals surface area contributed by atoms with E-state index in [1.807, 2.05) is 0 Å². The lowest BCUT2D eigenvalue weighted by Crippen LogP contribution is -2.12. The normalized spacial score (nSPS) is 11.8. The summed E-state index contributed by atoms with van der Waals surface area (Å²) < 4.78 is 23.8. The highest BCUT2D eigenvalue weighted by molar-refractivity contribution is 6.47. The van der Waals surface area contributed by atoms with Crippen LogP contribution in [0.15, 0.2) is 170 Å². The van der Waals surface area contributed by atoms with E-state index in [0.29, 0.717) is 0 Å². The number of ether oxygens (including phenoxy) is 4. The zero-order chi connectivity index (χ0) is 55.4. The number of benzene rings is 11. The van der Waals surface area contributed by atoms with Crippen molar-refractivity contribution in [1.82, 2.24) is 0 Å². The van der Waals surface area contributed by atoms with Crippen molar-refractivity contribution in [3.05, 3.63) is 214 Å². The predicted octanol–water partition coefficient (Wildman–Crippen LogP) is 20.3. The lowest BCUT2D eigenvalue weighted by Gasteiger charge is -2.29. The van der Waals surface area contributed by atoms with E-state index in [1.54, 1.807) is 28.4 Å². The molecule has 0 unspecified atom stereocenters. The van der Waals surface area contributed by atoms with Gasteiger partial charge in [0.25, 0.3) is 0 Å². The summed E-state index contributed by atoms with van der Waals surface area (Å²) in [5.74, 6) is 3.60. The van der Waals surface area contributed by atoms with Gasteiger partial charge < -0.3 is 28.7 Å². The van der Waals surface area contributed by atoms with Gasteiger partial charge in [-0.15, -0.1) is 0 Å². The molecule has 13 aromatic carbocycles. The summed E-state index contributed by atoms with van der Waals surface area (Å²) in [4.78, 5) is 4.86. The monoisotopic (exact) mass is 1040 g/mol. The van der Waals surface area contributed by atoms with Gasteiger partial charge in [0.1, 0.15) is 23.0 Å². The zero-order valence-corrected chi connectivity index (χ0v) is 47.7. The van der Waals surface area contributed by atoms with Crippen LogP contribution in [0.2, 0.25) is 0 Å². The van der Waals surface area contributed by atoms with Crippen LogP contribution in [0.25, 0.3) is 86.9 Å². The Labute approximate surface area is 468 Å². The van der Waals surface area contributed by atoms with Crippen LogP contribution in [0, 0.1) is 55.4 Å². The van der Waals surface area contributed by atoms with E-state index >= 15 is 0 Å². The average molecular weight is 1050 g/mol. The summed E-state index contributed by atoms with van der Waals surface area (Å²) in [6, 6.07) is 63.6. The molecular weight excluding hydrogens is 981 g/mol. The maximum atomic E-state index is 5.94. The van der Waals surface area contributed by atoms with Gasteiger partial charge in [-0.3, -0.25) is 0 Å². The van der Waals surface area contributed by atoms with E-state index < -0.39 is 0 Å². The van der Waals surface area contributed by atoms with Gasteiger partial charge in [-0.25, -0.2) is 0 Å². The Balaban J connectivity index is 1.17. The molecule has 6 heteroatoms. The fraction of sp³-hybridized carbons (Fsp3) is 0.162. The molecule has 0 aliphatic rings. The quantitative estimate of drug-likeness (QED) is 0.121. The molecule has 0 aliphatic heterocycles. The predicted molar refractivity (Wildman–Crippen MR) is 338 cm³/mol. The molecule has 0 amide bonds. The summed E-state index contributed by atoms with van der Waals surface area (Å²) in [5, 5.41) is 14.7. The number of methoxy groups -OCH3 is 4.